The number of nitrogens with two attached hydrogens (primary N) is 1. The fraction of sp³-hybridized carbons (Fsp3) is 0.750. The first-order valence-electron chi connectivity index (χ1n) is 6.72. The van der Waals surface area contributed by atoms with Crippen molar-refractivity contribution in [1.82, 2.24) is 15.2 Å². The standard InChI is InChI=1S/C12H19N5O/c13-9-6-10(18)17(7-9)12-14-11(15-16-12)8-4-2-1-3-5-8/h8-9H,1-7,13H2,(H,14,15,16). The van der Waals surface area contributed by atoms with Crippen LogP contribution in [0.15, 0.2) is 0 Å². The molecule has 98 valence electrons. The molecule has 2 fully saturated rings. The van der Waals surface area contributed by atoms with Gasteiger partial charge in [0.2, 0.25) is 5.91 Å². The summed E-state index contributed by atoms with van der Waals surface area (Å²) in [6, 6.07) is -0.0888. The van der Waals surface area contributed by atoms with Gasteiger partial charge in [0, 0.05) is 24.9 Å². The molecule has 3 N–H and O–H groups in total. The number of nitrogens with one attached hydrogen (secondary N) is 1. The van der Waals surface area contributed by atoms with Crippen LogP contribution < -0.4 is 10.6 Å². The zero-order valence-electron chi connectivity index (χ0n) is 10.4. The highest BCUT2D eigenvalue weighted by Gasteiger charge is 2.31. The van der Waals surface area contributed by atoms with E-state index in [9.17, 15) is 4.79 Å². The predicted molar refractivity (Wildman–Crippen MR) is 67.2 cm³/mol. The summed E-state index contributed by atoms with van der Waals surface area (Å²) in [6.45, 7) is 0.529. The Morgan fingerprint density at radius 1 is 1.28 bits per heavy atom. The molecule has 1 saturated heterocycles. The van der Waals surface area contributed by atoms with Gasteiger partial charge >= 0.3 is 0 Å². The minimum absolute atomic E-state index is 0.0247. The molecule has 1 saturated carbocycles. The molecular weight excluding hydrogens is 230 g/mol. The van der Waals surface area contributed by atoms with Crippen LogP contribution >= 0.6 is 0 Å². The zero-order valence-corrected chi connectivity index (χ0v) is 10.4. The van der Waals surface area contributed by atoms with Crippen LogP contribution in [0.3, 0.4) is 0 Å². The lowest BCUT2D eigenvalue weighted by Crippen LogP contribution is -2.28. The highest BCUT2D eigenvalue weighted by molar-refractivity contribution is 5.94. The Morgan fingerprint density at radius 2 is 2.06 bits per heavy atom. The van der Waals surface area contributed by atoms with Gasteiger partial charge in [-0.25, -0.2) is 0 Å². The fourth-order valence-corrected chi connectivity index (χ4v) is 2.87. The summed E-state index contributed by atoms with van der Waals surface area (Å²) in [5.74, 6) is 1.93. The smallest absolute Gasteiger partial charge is 0.251 e. The summed E-state index contributed by atoms with van der Waals surface area (Å²) < 4.78 is 0. The van der Waals surface area contributed by atoms with Crippen LogP contribution in [-0.2, 0) is 4.79 Å². The summed E-state index contributed by atoms with van der Waals surface area (Å²) in [6.07, 6.45) is 6.57. The number of rotatable bonds is 2. The van der Waals surface area contributed by atoms with Crippen molar-refractivity contribution in [2.24, 2.45) is 5.73 Å². The Labute approximate surface area is 106 Å². The van der Waals surface area contributed by atoms with E-state index in [2.05, 4.69) is 15.2 Å². The van der Waals surface area contributed by atoms with Gasteiger partial charge in [0.05, 0.1) is 0 Å². The van der Waals surface area contributed by atoms with E-state index in [1.165, 1.54) is 32.1 Å². The molecule has 6 nitrogen and oxygen atoms in total. The highest BCUT2D eigenvalue weighted by atomic mass is 16.2. The molecule has 18 heavy (non-hydrogen) atoms. The van der Waals surface area contributed by atoms with Crippen LogP contribution in [0.5, 0.6) is 0 Å². The summed E-state index contributed by atoms with van der Waals surface area (Å²) in [4.78, 5) is 17.8. The molecule has 0 aromatic carbocycles. The average molecular weight is 249 g/mol. The number of anilines is 1. The van der Waals surface area contributed by atoms with Crippen molar-refractivity contribution in [3.63, 3.8) is 0 Å². The molecule has 1 atom stereocenters. The molecule has 1 aromatic rings. The highest BCUT2D eigenvalue weighted by Crippen LogP contribution is 2.31. The topological polar surface area (TPSA) is 87.9 Å². The number of carbonyl (C=O) groups is 1. The van der Waals surface area contributed by atoms with E-state index >= 15 is 0 Å². The Bertz CT molecular complexity index is 437. The van der Waals surface area contributed by atoms with Gasteiger partial charge in [0.15, 0.2) is 0 Å². The largest absolute Gasteiger partial charge is 0.326 e. The summed E-state index contributed by atoms with van der Waals surface area (Å²) >= 11 is 0. The lowest BCUT2D eigenvalue weighted by atomic mass is 9.89. The van der Waals surface area contributed by atoms with Crippen LogP contribution in [-0.4, -0.2) is 33.7 Å². The third-order valence-electron chi connectivity index (χ3n) is 3.88. The van der Waals surface area contributed by atoms with E-state index < -0.39 is 0 Å². The average Bonchev–Trinajstić information content (AvgIpc) is 2.97. The Kier molecular flexibility index (Phi) is 3.03. The number of amides is 1. The maximum atomic E-state index is 11.7. The maximum Gasteiger partial charge on any atom is 0.251 e. The van der Waals surface area contributed by atoms with Crippen LogP contribution in [0.4, 0.5) is 5.95 Å². The molecule has 1 aliphatic carbocycles. The molecule has 0 spiro atoms. The Balaban J connectivity index is 1.74. The van der Waals surface area contributed by atoms with E-state index in [4.69, 9.17) is 5.73 Å². The van der Waals surface area contributed by atoms with Crippen molar-refractivity contribution in [3.8, 4) is 0 Å². The van der Waals surface area contributed by atoms with Gasteiger partial charge in [0.25, 0.3) is 5.95 Å². The van der Waals surface area contributed by atoms with Crippen molar-refractivity contribution >= 4 is 11.9 Å². The Hall–Kier alpha value is -1.43. The van der Waals surface area contributed by atoms with Gasteiger partial charge in [-0.3, -0.25) is 14.8 Å². The summed E-state index contributed by atoms with van der Waals surface area (Å²) in [7, 11) is 0. The lowest BCUT2D eigenvalue weighted by molar-refractivity contribution is -0.117. The Morgan fingerprint density at radius 3 is 2.72 bits per heavy atom. The monoisotopic (exact) mass is 249 g/mol. The van der Waals surface area contributed by atoms with Gasteiger partial charge in [-0.1, -0.05) is 19.3 Å². The fourth-order valence-electron chi connectivity index (χ4n) is 2.87. The van der Waals surface area contributed by atoms with Crippen LogP contribution in [0.2, 0.25) is 0 Å². The van der Waals surface area contributed by atoms with Crippen molar-refractivity contribution < 1.29 is 4.79 Å². The second-order valence-electron chi connectivity index (χ2n) is 5.32. The van der Waals surface area contributed by atoms with E-state index in [0.717, 1.165) is 5.82 Å². The minimum Gasteiger partial charge on any atom is -0.326 e. The maximum absolute atomic E-state index is 11.7. The number of aromatic nitrogens is 3. The van der Waals surface area contributed by atoms with E-state index in [0.29, 0.717) is 24.8 Å². The molecule has 2 heterocycles. The quantitative estimate of drug-likeness (QED) is 0.815. The number of H-pyrrole nitrogens is 1. The van der Waals surface area contributed by atoms with Crippen LogP contribution in [0, 0.1) is 0 Å². The second-order valence-corrected chi connectivity index (χ2v) is 5.32. The molecule has 0 bridgehead atoms. The second kappa shape index (κ2) is 4.68. The SMILES string of the molecule is NC1CC(=O)N(c2n[nH]c(C3CCCCC3)n2)C1. The van der Waals surface area contributed by atoms with Crippen LogP contribution in [0.25, 0.3) is 0 Å². The normalized spacial score (nSPS) is 25.9. The summed E-state index contributed by atoms with van der Waals surface area (Å²) in [5.41, 5.74) is 5.77. The number of carbonyl (C=O) groups excluding carboxylic acids is 1. The van der Waals surface area contributed by atoms with Crippen molar-refractivity contribution in [2.45, 2.75) is 50.5 Å². The van der Waals surface area contributed by atoms with Crippen molar-refractivity contribution in [3.05, 3.63) is 5.82 Å². The van der Waals surface area contributed by atoms with Gasteiger partial charge in [-0.2, -0.15) is 4.98 Å². The minimum atomic E-state index is -0.0888. The number of hydrogen-bond acceptors (Lipinski definition) is 4. The molecule has 2 aliphatic rings. The zero-order chi connectivity index (χ0) is 12.5. The number of aromatic amines is 1. The molecule has 1 amide bonds. The number of nitrogens with zero attached hydrogens (tertiary/aromatic N) is 3. The van der Waals surface area contributed by atoms with Crippen molar-refractivity contribution in [2.75, 3.05) is 11.4 Å². The van der Waals surface area contributed by atoms with Gasteiger partial charge in [0.1, 0.15) is 5.82 Å². The molecule has 1 unspecified atom stereocenters. The predicted octanol–water partition coefficient (Wildman–Crippen LogP) is 0.916. The van der Waals surface area contributed by atoms with Gasteiger partial charge < -0.3 is 5.73 Å². The molecule has 0 radical (unpaired) electrons. The first-order chi connectivity index (χ1) is 8.74. The molecule has 3 rings (SSSR count). The van der Waals surface area contributed by atoms with Gasteiger partial charge in [-0.15, -0.1) is 5.10 Å². The third-order valence-corrected chi connectivity index (χ3v) is 3.88. The van der Waals surface area contributed by atoms with E-state index in [1.54, 1.807) is 4.90 Å². The van der Waals surface area contributed by atoms with Crippen molar-refractivity contribution in [1.29, 1.82) is 0 Å². The first kappa shape index (κ1) is 11.6. The molecule has 1 aromatic heterocycles. The number of hydrogen-bond donors (Lipinski definition) is 2. The molecular formula is C12H19N5O. The van der Waals surface area contributed by atoms with Crippen LogP contribution in [0.1, 0.15) is 50.3 Å². The lowest BCUT2D eigenvalue weighted by Gasteiger charge is -2.18. The third kappa shape index (κ3) is 2.12. The first-order valence-corrected chi connectivity index (χ1v) is 6.72. The van der Waals surface area contributed by atoms with E-state index in [1.807, 2.05) is 0 Å². The molecule has 6 heteroatoms. The van der Waals surface area contributed by atoms with Gasteiger partial charge in [-0.05, 0) is 12.8 Å². The van der Waals surface area contributed by atoms with E-state index in [-0.39, 0.29) is 11.9 Å². The summed E-state index contributed by atoms with van der Waals surface area (Å²) in [5, 5.41) is 7.16. The molecule has 1 aliphatic heterocycles.